The van der Waals surface area contributed by atoms with E-state index in [9.17, 15) is 9.90 Å². The maximum Gasteiger partial charge on any atom is 0.319 e. The lowest BCUT2D eigenvalue weighted by Crippen LogP contribution is -2.46. The average molecular weight is 304 g/mol. The van der Waals surface area contributed by atoms with Crippen molar-refractivity contribution >= 4 is 11.7 Å². The SMILES string of the molecule is Cc1cccc(C(C)C)c1NC(=O)NC1CCCC1(C)CO. The molecule has 4 heteroatoms. The van der Waals surface area contributed by atoms with Crippen LogP contribution < -0.4 is 10.6 Å². The van der Waals surface area contributed by atoms with Gasteiger partial charge in [-0.2, -0.15) is 0 Å². The summed E-state index contributed by atoms with van der Waals surface area (Å²) in [5.41, 5.74) is 2.91. The smallest absolute Gasteiger partial charge is 0.319 e. The second-order valence-electron chi connectivity index (χ2n) is 7.05. The van der Waals surface area contributed by atoms with Crippen molar-refractivity contribution in [2.75, 3.05) is 11.9 Å². The van der Waals surface area contributed by atoms with E-state index < -0.39 is 0 Å². The molecule has 2 unspecified atom stereocenters. The van der Waals surface area contributed by atoms with Crippen LogP contribution >= 0.6 is 0 Å². The van der Waals surface area contributed by atoms with E-state index in [4.69, 9.17) is 0 Å². The molecule has 0 saturated heterocycles. The molecule has 1 fully saturated rings. The second kappa shape index (κ2) is 6.69. The van der Waals surface area contributed by atoms with E-state index in [0.29, 0.717) is 5.92 Å². The molecule has 122 valence electrons. The highest BCUT2D eigenvalue weighted by Crippen LogP contribution is 2.37. The monoisotopic (exact) mass is 304 g/mol. The average Bonchev–Trinajstić information content (AvgIpc) is 2.82. The van der Waals surface area contributed by atoms with E-state index in [-0.39, 0.29) is 24.1 Å². The van der Waals surface area contributed by atoms with Crippen molar-refractivity contribution in [3.8, 4) is 0 Å². The lowest BCUT2D eigenvalue weighted by molar-refractivity contribution is 0.122. The first-order chi connectivity index (χ1) is 10.4. The minimum Gasteiger partial charge on any atom is -0.396 e. The fourth-order valence-electron chi connectivity index (χ4n) is 3.32. The molecule has 1 aliphatic rings. The van der Waals surface area contributed by atoms with Gasteiger partial charge in [-0.1, -0.05) is 45.4 Å². The molecule has 2 atom stereocenters. The first kappa shape index (κ1) is 16.8. The highest BCUT2D eigenvalue weighted by molar-refractivity contribution is 5.91. The van der Waals surface area contributed by atoms with Crippen molar-refractivity contribution in [2.45, 2.75) is 58.9 Å². The highest BCUT2D eigenvalue weighted by atomic mass is 16.3. The minimum atomic E-state index is -0.204. The number of carbonyl (C=O) groups is 1. The largest absolute Gasteiger partial charge is 0.396 e. The van der Waals surface area contributed by atoms with Crippen molar-refractivity contribution in [3.05, 3.63) is 29.3 Å². The van der Waals surface area contributed by atoms with Gasteiger partial charge in [-0.05, 0) is 36.8 Å². The third-order valence-corrected chi connectivity index (χ3v) is 4.91. The Labute approximate surface area is 133 Å². The first-order valence-electron chi connectivity index (χ1n) is 8.15. The Morgan fingerprint density at radius 2 is 2.18 bits per heavy atom. The Kier molecular flexibility index (Phi) is 5.12. The quantitative estimate of drug-likeness (QED) is 0.792. The van der Waals surface area contributed by atoms with Crippen LogP contribution in [0.25, 0.3) is 0 Å². The molecule has 0 radical (unpaired) electrons. The van der Waals surface area contributed by atoms with E-state index in [2.05, 4.69) is 30.5 Å². The zero-order valence-corrected chi connectivity index (χ0v) is 14.1. The summed E-state index contributed by atoms with van der Waals surface area (Å²) in [5.74, 6) is 0.351. The molecule has 22 heavy (non-hydrogen) atoms. The number of urea groups is 1. The number of aliphatic hydroxyl groups is 1. The Morgan fingerprint density at radius 1 is 1.45 bits per heavy atom. The van der Waals surface area contributed by atoms with Crippen LogP contribution in [0.1, 0.15) is 57.1 Å². The number of nitrogens with one attached hydrogen (secondary N) is 2. The molecule has 1 aromatic carbocycles. The lowest BCUT2D eigenvalue weighted by Gasteiger charge is -2.30. The molecule has 0 aliphatic heterocycles. The van der Waals surface area contributed by atoms with Crippen LogP contribution in [-0.2, 0) is 0 Å². The molecule has 1 aromatic rings. The predicted molar refractivity (Wildman–Crippen MR) is 90.3 cm³/mol. The molecular formula is C18H28N2O2. The van der Waals surface area contributed by atoms with Gasteiger partial charge in [-0.25, -0.2) is 4.79 Å². The molecule has 0 spiro atoms. The fourth-order valence-corrected chi connectivity index (χ4v) is 3.32. The highest BCUT2D eigenvalue weighted by Gasteiger charge is 2.39. The number of anilines is 1. The molecule has 1 saturated carbocycles. The molecule has 1 aliphatic carbocycles. The number of amides is 2. The summed E-state index contributed by atoms with van der Waals surface area (Å²) in [7, 11) is 0. The van der Waals surface area contributed by atoms with Gasteiger partial charge in [-0.3, -0.25) is 0 Å². The van der Waals surface area contributed by atoms with Crippen molar-refractivity contribution in [2.24, 2.45) is 5.41 Å². The molecular weight excluding hydrogens is 276 g/mol. The van der Waals surface area contributed by atoms with Crippen molar-refractivity contribution in [3.63, 3.8) is 0 Å². The van der Waals surface area contributed by atoms with Gasteiger partial charge in [0.15, 0.2) is 0 Å². The van der Waals surface area contributed by atoms with Gasteiger partial charge in [0.2, 0.25) is 0 Å². The summed E-state index contributed by atoms with van der Waals surface area (Å²) in [6.07, 6.45) is 2.93. The van der Waals surface area contributed by atoms with Crippen molar-refractivity contribution in [1.82, 2.24) is 5.32 Å². The van der Waals surface area contributed by atoms with Gasteiger partial charge in [0.1, 0.15) is 0 Å². The number of para-hydroxylation sites is 1. The van der Waals surface area contributed by atoms with Crippen LogP contribution in [0, 0.1) is 12.3 Å². The van der Waals surface area contributed by atoms with Crippen LogP contribution in [0.3, 0.4) is 0 Å². The Hall–Kier alpha value is -1.55. The van der Waals surface area contributed by atoms with Gasteiger partial charge >= 0.3 is 6.03 Å². The van der Waals surface area contributed by atoms with E-state index in [1.807, 2.05) is 26.0 Å². The standard InChI is InChI=1S/C18H28N2O2/c1-12(2)14-8-5-7-13(3)16(14)20-17(22)19-15-9-6-10-18(15,4)11-21/h5,7-8,12,15,21H,6,9-11H2,1-4H3,(H2,19,20,22). The summed E-state index contributed by atoms with van der Waals surface area (Å²) in [5, 5.41) is 15.7. The van der Waals surface area contributed by atoms with E-state index in [1.165, 1.54) is 0 Å². The number of hydrogen-bond acceptors (Lipinski definition) is 2. The van der Waals surface area contributed by atoms with Gasteiger partial charge in [0.05, 0.1) is 6.61 Å². The van der Waals surface area contributed by atoms with Crippen LogP contribution in [0.4, 0.5) is 10.5 Å². The minimum absolute atomic E-state index is 0.0315. The van der Waals surface area contributed by atoms with Gasteiger partial charge in [0, 0.05) is 17.1 Å². The third kappa shape index (κ3) is 3.43. The fraction of sp³-hybridized carbons (Fsp3) is 0.611. The van der Waals surface area contributed by atoms with E-state index in [1.54, 1.807) is 0 Å². The van der Waals surface area contributed by atoms with E-state index >= 15 is 0 Å². The van der Waals surface area contributed by atoms with Crippen LogP contribution in [0.15, 0.2) is 18.2 Å². The van der Waals surface area contributed by atoms with E-state index in [0.717, 1.165) is 36.1 Å². The summed E-state index contributed by atoms with van der Waals surface area (Å²) >= 11 is 0. The molecule has 2 amide bonds. The summed E-state index contributed by atoms with van der Waals surface area (Å²) < 4.78 is 0. The summed E-state index contributed by atoms with van der Waals surface area (Å²) in [4.78, 5) is 12.4. The maximum atomic E-state index is 12.4. The van der Waals surface area contributed by atoms with Crippen LogP contribution in [-0.4, -0.2) is 23.8 Å². The number of carbonyl (C=O) groups excluding carboxylic acids is 1. The number of rotatable bonds is 4. The topological polar surface area (TPSA) is 61.4 Å². The summed E-state index contributed by atoms with van der Waals surface area (Å²) in [6, 6.07) is 5.94. The van der Waals surface area contributed by atoms with Gasteiger partial charge in [-0.15, -0.1) is 0 Å². The number of aryl methyl sites for hydroxylation is 1. The molecule has 2 rings (SSSR count). The molecule has 0 aromatic heterocycles. The van der Waals surface area contributed by atoms with Crippen LogP contribution in [0.2, 0.25) is 0 Å². The third-order valence-electron chi connectivity index (χ3n) is 4.91. The molecule has 4 nitrogen and oxygen atoms in total. The predicted octanol–water partition coefficient (Wildman–Crippen LogP) is 3.79. The zero-order valence-electron chi connectivity index (χ0n) is 14.1. The Balaban J connectivity index is 2.10. The first-order valence-corrected chi connectivity index (χ1v) is 8.15. The molecule has 0 heterocycles. The normalized spacial score (nSPS) is 24.5. The molecule has 0 bridgehead atoms. The number of benzene rings is 1. The lowest BCUT2D eigenvalue weighted by atomic mass is 9.86. The zero-order chi connectivity index (χ0) is 16.3. The number of hydrogen-bond donors (Lipinski definition) is 3. The van der Waals surface area contributed by atoms with Crippen molar-refractivity contribution < 1.29 is 9.90 Å². The molecule has 3 N–H and O–H groups in total. The maximum absolute atomic E-state index is 12.4. The van der Waals surface area contributed by atoms with Crippen LogP contribution in [0.5, 0.6) is 0 Å². The van der Waals surface area contributed by atoms with Crippen molar-refractivity contribution in [1.29, 1.82) is 0 Å². The Bertz CT molecular complexity index is 542. The second-order valence-corrected chi connectivity index (χ2v) is 7.05. The van der Waals surface area contributed by atoms with Gasteiger partial charge in [0.25, 0.3) is 0 Å². The Morgan fingerprint density at radius 3 is 2.82 bits per heavy atom. The summed E-state index contributed by atoms with van der Waals surface area (Å²) in [6.45, 7) is 8.40. The number of aliphatic hydroxyl groups excluding tert-OH is 1. The van der Waals surface area contributed by atoms with Gasteiger partial charge < -0.3 is 15.7 Å².